The SMILES string of the molecule is O=N[C@H](COP(=O)(O)O)[C@H](O)C(=O)CO. The number of hydrogen-bond acceptors (Lipinski definition) is 7. The van der Waals surface area contributed by atoms with Gasteiger partial charge in [-0.2, -0.15) is 4.91 Å². The van der Waals surface area contributed by atoms with E-state index in [9.17, 15) is 14.3 Å². The summed E-state index contributed by atoms with van der Waals surface area (Å²) in [6.45, 7) is -1.93. The fourth-order valence-electron chi connectivity index (χ4n) is 0.661. The Bertz CT molecular complexity index is 274. The minimum absolute atomic E-state index is 0.916. The predicted molar refractivity (Wildman–Crippen MR) is 45.7 cm³/mol. The van der Waals surface area contributed by atoms with Crippen LogP contribution in [-0.2, 0) is 13.9 Å². The van der Waals surface area contributed by atoms with Crippen molar-refractivity contribution in [2.45, 2.75) is 12.1 Å². The van der Waals surface area contributed by atoms with Gasteiger partial charge in [0, 0.05) is 0 Å². The van der Waals surface area contributed by atoms with Gasteiger partial charge in [-0.05, 0) is 0 Å². The summed E-state index contributed by atoms with van der Waals surface area (Å²) in [5.41, 5.74) is 0. The molecule has 0 aliphatic rings. The van der Waals surface area contributed by atoms with Crippen LogP contribution in [0.2, 0.25) is 0 Å². The van der Waals surface area contributed by atoms with Gasteiger partial charge in [-0.3, -0.25) is 9.32 Å². The van der Waals surface area contributed by atoms with E-state index in [1.807, 2.05) is 0 Å². The van der Waals surface area contributed by atoms with Crippen LogP contribution in [0.5, 0.6) is 0 Å². The van der Waals surface area contributed by atoms with E-state index in [0.29, 0.717) is 0 Å². The number of ketones is 1. The molecule has 10 heteroatoms. The van der Waals surface area contributed by atoms with Gasteiger partial charge in [0.15, 0.2) is 5.78 Å². The number of rotatable bonds is 7. The topological polar surface area (TPSA) is 154 Å². The number of aliphatic hydroxyl groups excluding tert-OH is 2. The van der Waals surface area contributed by atoms with Crippen molar-refractivity contribution < 1.29 is 33.9 Å². The van der Waals surface area contributed by atoms with Gasteiger partial charge in [-0.25, -0.2) is 4.57 Å². The van der Waals surface area contributed by atoms with E-state index in [0.717, 1.165) is 0 Å². The summed E-state index contributed by atoms with van der Waals surface area (Å²) in [7, 11) is -4.79. The Labute approximate surface area is 83.9 Å². The van der Waals surface area contributed by atoms with Crippen molar-refractivity contribution in [3.05, 3.63) is 4.91 Å². The van der Waals surface area contributed by atoms with E-state index in [1.54, 1.807) is 0 Å². The maximum absolute atomic E-state index is 10.7. The van der Waals surface area contributed by atoms with E-state index in [2.05, 4.69) is 9.70 Å². The summed E-state index contributed by atoms with van der Waals surface area (Å²) in [6, 6.07) is -1.67. The molecule has 0 saturated heterocycles. The number of Topliss-reactive ketones (excluding diaryl/α,β-unsaturated/α-hetero) is 1. The van der Waals surface area contributed by atoms with E-state index in [1.165, 1.54) is 0 Å². The van der Waals surface area contributed by atoms with Gasteiger partial charge in [-0.1, -0.05) is 5.18 Å². The molecule has 0 unspecified atom stereocenters. The van der Waals surface area contributed by atoms with Gasteiger partial charge in [0.2, 0.25) is 0 Å². The Morgan fingerprint density at radius 1 is 1.47 bits per heavy atom. The third-order valence-corrected chi connectivity index (χ3v) is 1.88. The summed E-state index contributed by atoms with van der Waals surface area (Å²) in [5.74, 6) is -1.09. The van der Waals surface area contributed by atoms with Crippen molar-refractivity contribution in [1.82, 2.24) is 0 Å². The molecule has 0 radical (unpaired) electrons. The zero-order chi connectivity index (χ0) is 12.1. The molecule has 0 saturated carbocycles. The molecule has 15 heavy (non-hydrogen) atoms. The molecule has 0 amide bonds. The van der Waals surface area contributed by atoms with Gasteiger partial charge in [-0.15, -0.1) is 0 Å². The molecular weight excluding hydrogens is 233 g/mol. The molecule has 0 heterocycles. The largest absolute Gasteiger partial charge is 0.469 e. The monoisotopic (exact) mass is 243 g/mol. The first-order valence-electron chi connectivity index (χ1n) is 3.66. The number of phosphoric ester groups is 1. The van der Waals surface area contributed by atoms with Crippen LogP contribution in [-0.4, -0.2) is 51.1 Å². The van der Waals surface area contributed by atoms with Gasteiger partial charge in [0.05, 0.1) is 6.61 Å². The lowest BCUT2D eigenvalue weighted by Gasteiger charge is -2.14. The van der Waals surface area contributed by atoms with E-state index < -0.39 is 39.0 Å². The summed E-state index contributed by atoms with van der Waals surface area (Å²) in [5, 5.41) is 19.6. The number of carbonyl (C=O) groups is 1. The molecule has 2 atom stereocenters. The third kappa shape index (κ3) is 5.67. The zero-order valence-electron chi connectivity index (χ0n) is 7.39. The zero-order valence-corrected chi connectivity index (χ0v) is 8.28. The number of nitrogens with zero attached hydrogens (tertiary/aromatic N) is 1. The number of carbonyl (C=O) groups excluding carboxylic acids is 1. The molecule has 4 N–H and O–H groups in total. The molecule has 0 fully saturated rings. The average molecular weight is 243 g/mol. The molecule has 0 aliphatic heterocycles. The Kier molecular flexibility index (Phi) is 5.73. The third-order valence-electron chi connectivity index (χ3n) is 1.40. The average Bonchev–Trinajstić information content (AvgIpc) is 2.15. The smallest absolute Gasteiger partial charge is 0.388 e. The molecule has 0 aromatic heterocycles. The van der Waals surface area contributed by atoms with Crippen LogP contribution in [0.15, 0.2) is 5.18 Å². The predicted octanol–water partition coefficient (Wildman–Crippen LogP) is -1.85. The molecule has 0 aliphatic carbocycles. The van der Waals surface area contributed by atoms with Gasteiger partial charge in [0.25, 0.3) is 0 Å². The van der Waals surface area contributed by atoms with Gasteiger partial charge in [0.1, 0.15) is 18.8 Å². The fraction of sp³-hybridized carbons (Fsp3) is 0.800. The molecule has 0 spiro atoms. The minimum Gasteiger partial charge on any atom is -0.388 e. The lowest BCUT2D eigenvalue weighted by Crippen LogP contribution is -2.37. The Morgan fingerprint density at radius 3 is 2.33 bits per heavy atom. The number of phosphoric acid groups is 1. The Balaban J connectivity index is 4.31. The summed E-state index contributed by atoms with van der Waals surface area (Å²) < 4.78 is 14.1. The maximum atomic E-state index is 10.7. The maximum Gasteiger partial charge on any atom is 0.469 e. The highest BCUT2D eigenvalue weighted by Crippen LogP contribution is 2.36. The second-order valence-electron chi connectivity index (χ2n) is 2.53. The molecule has 0 aromatic rings. The highest BCUT2D eigenvalue weighted by Gasteiger charge is 2.29. The van der Waals surface area contributed by atoms with Crippen molar-refractivity contribution in [1.29, 1.82) is 0 Å². The first kappa shape index (κ1) is 14.3. The standard InChI is InChI=1S/C5H10NO8P/c7-1-4(8)5(9)3(6-10)2-14-15(11,12)13/h3,5,7,9H,1-2H2,(H2,11,12,13)/t3-,5+/m1/s1. The Morgan fingerprint density at radius 2 is 2.00 bits per heavy atom. The normalized spacial score (nSPS) is 15.7. The fourth-order valence-corrected chi connectivity index (χ4v) is 1.01. The first-order valence-corrected chi connectivity index (χ1v) is 5.19. The second-order valence-corrected chi connectivity index (χ2v) is 3.77. The summed E-state index contributed by atoms with van der Waals surface area (Å²) in [4.78, 5) is 37.3. The molecule has 0 bridgehead atoms. The van der Waals surface area contributed by atoms with Gasteiger partial charge < -0.3 is 20.0 Å². The van der Waals surface area contributed by atoms with Crippen molar-refractivity contribution in [2.24, 2.45) is 5.18 Å². The van der Waals surface area contributed by atoms with Gasteiger partial charge >= 0.3 is 7.82 Å². The molecule has 9 nitrogen and oxygen atoms in total. The van der Waals surface area contributed by atoms with E-state index in [-0.39, 0.29) is 0 Å². The minimum atomic E-state index is -4.79. The van der Waals surface area contributed by atoms with Crippen LogP contribution in [0.25, 0.3) is 0 Å². The van der Waals surface area contributed by atoms with Crippen molar-refractivity contribution in [3.63, 3.8) is 0 Å². The van der Waals surface area contributed by atoms with Crippen molar-refractivity contribution >= 4 is 13.6 Å². The van der Waals surface area contributed by atoms with E-state index >= 15 is 0 Å². The Hall–Kier alpha value is -0.700. The lowest BCUT2D eigenvalue weighted by atomic mass is 10.1. The lowest BCUT2D eigenvalue weighted by molar-refractivity contribution is -0.131. The van der Waals surface area contributed by atoms with Crippen LogP contribution in [0, 0.1) is 4.91 Å². The molecular formula is C5H10NO8P. The van der Waals surface area contributed by atoms with E-state index in [4.69, 9.17) is 20.0 Å². The van der Waals surface area contributed by atoms with Crippen LogP contribution >= 0.6 is 7.82 Å². The molecule has 0 rings (SSSR count). The highest BCUT2D eigenvalue weighted by atomic mass is 31.2. The number of nitroso groups, excluding NO2 is 1. The number of aliphatic hydroxyl groups is 2. The van der Waals surface area contributed by atoms with Crippen LogP contribution in [0.1, 0.15) is 0 Å². The second kappa shape index (κ2) is 6.01. The van der Waals surface area contributed by atoms with Crippen LogP contribution in [0.3, 0.4) is 0 Å². The quantitative estimate of drug-likeness (QED) is 0.300. The van der Waals surface area contributed by atoms with Crippen molar-refractivity contribution in [2.75, 3.05) is 13.2 Å². The number of hydrogen-bond donors (Lipinski definition) is 4. The molecule has 88 valence electrons. The first-order chi connectivity index (χ1) is 6.81. The van der Waals surface area contributed by atoms with Crippen molar-refractivity contribution in [3.8, 4) is 0 Å². The van der Waals surface area contributed by atoms with Crippen LogP contribution in [0.4, 0.5) is 0 Å². The summed E-state index contributed by atoms with van der Waals surface area (Å²) in [6.07, 6.45) is -1.95. The highest BCUT2D eigenvalue weighted by molar-refractivity contribution is 7.46. The molecule has 0 aromatic carbocycles. The van der Waals surface area contributed by atoms with Crippen LogP contribution < -0.4 is 0 Å². The summed E-state index contributed by atoms with van der Waals surface area (Å²) >= 11 is 0.